The summed E-state index contributed by atoms with van der Waals surface area (Å²) < 4.78 is 21.6. The second-order valence-corrected chi connectivity index (χ2v) is 3.01. The molecule has 0 saturated heterocycles. The van der Waals surface area contributed by atoms with Gasteiger partial charge in [-0.05, 0) is 17.6 Å². The zero-order chi connectivity index (χ0) is 11.3. The number of benzene rings is 1. The molecule has 0 heterocycles. The van der Waals surface area contributed by atoms with Gasteiger partial charge in [-0.25, -0.2) is 9.18 Å². The summed E-state index contributed by atoms with van der Waals surface area (Å²) in [7, 11) is 3.14. The number of carbonyl (C=O) groups is 1. The van der Waals surface area contributed by atoms with Crippen LogP contribution in [0.1, 0.15) is 10.4 Å². The van der Waals surface area contributed by atoms with Gasteiger partial charge in [0, 0.05) is 0 Å². The Kier molecular flexibility index (Phi) is 4.15. The third-order valence-electron chi connectivity index (χ3n) is 1.94. The summed E-state index contributed by atoms with van der Waals surface area (Å²) >= 11 is 0. The molecule has 0 atom stereocenters. The Morgan fingerprint density at radius 1 is 1.53 bits per heavy atom. The third kappa shape index (κ3) is 2.97. The first kappa shape index (κ1) is 11.6. The fourth-order valence-electron chi connectivity index (χ4n) is 1.15. The molecule has 0 N–H and O–H groups in total. The molecule has 0 aliphatic rings. The molecular weight excluding hydrogens is 198 g/mol. The highest BCUT2D eigenvalue weighted by Gasteiger charge is 2.08. The molecule has 1 aromatic rings. The van der Waals surface area contributed by atoms with E-state index >= 15 is 0 Å². The molecule has 0 amide bonds. The summed E-state index contributed by atoms with van der Waals surface area (Å²) in [5.41, 5.74) is 1.26. The summed E-state index contributed by atoms with van der Waals surface area (Å²) in [6.07, 6.45) is 0. The lowest BCUT2D eigenvalue weighted by molar-refractivity contribution is 0.0600. The lowest BCUT2D eigenvalue weighted by Crippen LogP contribution is -2.13. The summed E-state index contributed by atoms with van der Waals surface area (Å²) in [5.74, 6) is 0.0793. The van der Waals surface area contributed by atoms with Crippen molar-refractivity contribution in [1.29, 1.82) is 0 Å². The topological polar surface area (TPSA) is 35.5 Å². The number of carbonyl (C=O) groups excluding carboxylic acids is 1. The van der Waals surface area contributed by atoms with E-state index in [1.807, 2.05) is 7.85 Å². The van der Waals surface area contributed by atoms with Crippen LogP contribution in [0.5, 0.6) is 5.75 Å². The highest BCUT2D eigenvalue weighted by Crippen LogP contribution is 2.11. The number of hydrogen-bond acceptors (Lipinski definition) is 3. The molecule has 0 aliphatic heterocycles. The fourth-order valence-corrected chi connectivity index (χ4v) is 1.15. The molecule has 0 aliphatic carbocycles. The standard InChI is InChI=1S/C10H12BFO3/c1-14-10(13)7-2-3-8(11)9(6-7)15-5-4-12/h2-3,6H,4-5,11H2,1H3. The van der Waals surface area contributed by atoms with Crippen molar-refractivity contribution < 1.29 is 18.7 Å². The van der Waals surface area contributed by atoms with E-state index in [0.29, 0.717) is 11.3 Å². The minimum absolute atomic E-state index is 0.00847. The van der Waals surface area contributed by atoms with Gasteiger partial charge in [0.1, 0.15) is 26.9 Å². The maximum absolute atomic E-state index is 11.9. The minimum Gasteiger partial charge on any atom is -0.491 e. The Morgan fingerprint density at radius 3 is 2.87 bits per heavy atom. The molecule has 3 nitrogen and oxygen atoms in total. The van der Waals surface area contributed by atoms with Crippen LogP contribution in [0.15, 0.2) is 18.2 Å². The van der Waals surface area contributed by atoms with Crippen LogP contribution in [-0.4, -0.2) is 34.2 Å². The zero-order valence-electron chi connectivity index (χ0n) is 8.75. The van der Waals surface area contributed by atoms with E-state index in [1.54, 1.807) is 18.2 Å². The lowest BCUT2D eigenvalue weighted by atomic mass is 9.94. The zero-order valence-corrected chi connectivity index (χ0v) is 8.75. The SMILES string of the molecule is Bc1ccc(C(=O)OC)cc1OCCF. The monoisotopic (exact) mass is 210 g/mol. The predicted octanol–water partition coefficient (Wildman–Crippen LogP) is 0.0799. The number of methoxy groups -OCH3 is 1. The van der Waals surface area contributed by atoms with Crippen molar-refractivity contribution in [2.75, 3.05) is 20.4 Å². The van der Waals surface area contributed by atoms with Crippen LogP contribution < -0.4 is 10.2 Å². The summed E-state index contributed by atoms with van der Waals surface area (Å²) in [6.45, 7) is -0.562. The van der Waals surface area contributed by atoms with Crippen LogP contribution in [0, 0.1) is 0 Å². The van der Waals surface area contributed by atoms with E-state index in [-0.39, 0.29) is 6.61 Å². The molecule has 0 fully saturated rings. The first-order valence-corrected chi connectivity index (χ1v) is 4.56. The average molecular weight is 210 g/mol. The number of ether oxygens (including phenoxy) is 2. The molecule has 0 saturated carbocycles. The largest absolute Gasteiger partial charge is 0.491 e. The van der Waals surface area contributed by atoms with Gasteiger partial charge in [0.05, 0.1) is 12.7 Å². The Hall–Kier alpha value is -1.52. The van der Waals surface area contributed by atoms with Gasteiger partial charge in [-0.1, -0.05) is 6.07 Å². The molecule has 80 valence electrons. The quantitative estimate of drug-likeness (QED) is 0.521. The Morgan fingerprint density at radius 2 is 2.27 bits per heavy atom. The number of hydrogen-bond donors (Lipinski definition) is 0. The van der Waals surface area contributed by atoms with Gasteiger partial charge in [-0.2, -0.15) is 0 Å². The second-order valence-electron chi connectivity index (χ2n) is 3.01. The maximum Gasteiger partial charge on any atom is 0.337 e. The lowest BCUT2D eigenvalue weighted by Gasteiger charge is -2.08. The molecule has 0 unspecified atom stereocenters. The molecule has 1 rings (SSSR count). The minimum atomic E-state index is -0.554. The predicted molar refractivity (Wildman–Crippen MR) is 57.4 cm³/mol. The summed E-state index contributed by atoms with van der Waals surface area (Å²) in [6, 6.07) is 4.93. The molecule has 15 heavy (non-hydrogen) atoms. The summed E-state index contributed by atoms with van der Waals surface area (Å²) in [5, 5.41) is 0. The number of halogens is 1. The number of alkyl halides is 1. The second kappa shape index (κ2) is 5.39. The molecular formula is C10H12BFO3. The van der Waals surface area contributed by atoms with Crippen molar-refractivity contribution in [2.45, 2.75) is 0 Å². The maximum atomic E-state index is 11.9. The van der Waals surface area contributed by atoms with Crippen molar-refractivity contribution in [2.24, 2.45) is 0 Å². The Balaban J connectivity index is 2.89. The normalized spacial score (nSPS) is 9.73. The molecule has 1 aromatic carbocycles. The smallest absolute Gasteiger partial charge is 0.337 e. The molecule has 0 radical (unpaired) electrons. The summed E-state index contributed by atoms with van der Waals surface area (Å²) in [4.78, 5) is 11.2. The van der Waals surface area contributed by atoms with Crippen LogP contribution in [0.3, 0.4) is 0 Å². The van der Waals surface area contributed by atoms with Crippen molar-refractivity contribution in [3.63, 3.8) is 0 Å². The van der Waals surface area contributed by atoms with Gasteiger partial charge in [0.15, 0.2) is 0 Å². The Bertz CT molecular complexity index is 355. The van der Waals surface area contributed by atoms with Crippen molar-refractivity contribution in [3.05, 3.63) is 23.8 Å². The van der Waals surface area contributed by atoms with Gasteiger partial charge >= 0.3 is 5.97 Å². The number of esters is 1. The third-order valence-corrected chi connectivity index (χ3v) is 1.94. The van der Waals surface area contributed by atoms with E-state index in [4.69, 9.17) is 4.74 Å². The van der Waals surface area contributed by atoms with E-state index in [9.17, 15) is 9.18 Å². The highest BCUT2D eigenvalue weighted by molar-refractivity contribution is 6.34. The fraction of sp³-hybridized carbons (Fsp3) is 0.300. The van der Waals surface area contributed by atoms with Gasteiger partial charge in [0.25, 0.3) is 0 Å². The average Bonchev–Trinajstić information content (AvgIpc) is 2.27. The molecule has 5 heteroatoms. The first-order valence-electron chi connectivity index (χ1n) is 4.56. The first-order chi connectivity index (χ1) is 7.19. The highest BCUT2D eigenvalue weighted by atomic mass is 19.1. The van der Waals surface area contributed by atoms with Crippen molar-refractivity contribution in [1.82, 2.24) is 0 Å². The Labute approximate surface area is 88.6 Å². The van der Waals surface area contributed by atoms with E-state index in [2.05, 4.69) is 4.74 Å². The van der Waals surface area contributed by atoms with Gasteiger partial charge in [-0.15, -0.1) is 0 Å². The van der Waals surface area contributed by atoms with Crippen molar-refractivity contribution in [3.8, 4) is 5.75 Å². The van der Waals surface area contributed by atoms with Gasteiger partial charge < -0.3 is 9.47 Å². The van der Waals surface area contributed by atoms with Crippen LogP contribution in [0.25, 0.3) is 0 Å². The van der Waals surface area contributed by atoms with Gasteiger partial charge in [-0.3, -0.25) is 0 Å². The molecule has 0 spiro atoms. The van der Waals surface area contributed by atoms with Crippen LogP contribution in [-0.2, 0) is 4.74 Å². The van der Waals surface area contributed by atoms with Crippen molar-refractivity contribution >= 4 is 19.3 Å². The van der Waals surface area contributed by atoms with E-state index in [1.165, 1.54) is 7.11 Å². The van der Waals surface area contributed by atoms with E-state index in [0.717, 1.165) is 5.46 Å². The molecule has 0 aromatic heterocycles. The van der Waals surface area contributed by atoms with E-state index < -0.39 is 12.6 Å². The van der Waals surface area contributed by atoms with Crippen LogP contribution in [0.2, 0.25) is 0 Å². The van der Waals surface area contributed by atoms with Gasteiger partial charge in [0.2, 0.25) is 0 Å². The molecule has 0 bridgehead atoms. The van der Waals surface area contributed by atoms with Crippen LogP contribution >= 0.6 is 0 Å². The van der Waals surface area contributed by atoms with Crippen LogP contribution in [0.4, 0.5) is 4.39 Å². The number of rotatable bonds is 4.